The monoisotopic (exact) mass is 268 g/mol. The van der Waals surface area contributed by atoms with E-state index >= 15 is 0 Å². The summed E-state index contributed by atoms with van der Waals surface area (Å²) in [4.78, 5) is 19.8. The van der Waals surface area contributed by atoms with E-state index in [1.807, 2.05) is 6.07 Å². The van der Waals surface area contributed by atoms with Gasteiger partial charge in [-0.15, -0.1) is 0 Å². The van der Waals surface area contributed by atoms with Gasteiger partial charge in [0, 0.05) is 11.8 Å². The van der Waals surface area contributed by atoms with Crippen molar-refractivity contribution >= 4 is 5.97 Å². The van der Waals surface area contributed by atoms with Crippen molar-refractivity contribution in [3.8, 4) is 11.3 Å². The highest BCUT2D eigenvalue weighted by Crippen LogP contribution is 2.27. The van der Waals surface area contributed by atoms with E-state index in [-0.39, 0.29) is 12.4 Å². The number of hydrogen-bond donors (Lipinski definition) is 0. The molecule has 2 aromatic rings. The Balaban J connectivity index is 1.90. The van der Waals surface area contributed by atoms with Gasteiger partial charge >= 0.3 is 5.97 Å². The number of fused-ring (bicyclic) bond motifs is 1. The maximum atomic E-state index is 11.3. The molecule has 0 aliphatic heterocycles. The van der Waals surface area contributed by atoms with Crippen LogP contribution in [0.2, 0.25) is 0 Å². The summed E-state index contributed by atoms with van der Waals surface area (Å²) >= 11 is 0. The summed E-state index contributed by atoms with van der Waals surface area (Å²) in [5.41, 5.74) is 4.79. The molecular weight excluding hydrogens is 252 g/mol. The van der Waals surface area contributed by atoms with Crippen LogP contribution in [-0.4, -0.2) is 23.0 Å². The molecule has 0 N–H and O–H groups in total. The lowest BCUT2D eigenvalue weighted by atomic mass is 10.0. The molecule has 102 valence electrons. The summed E-state index contributed by atoms with van der Waals surface area (Å²) in [5, 5.41) is 0. The number of carbonyl (C=O) groups is 1. The van der Waals surface area contributed by atoms with E-state index < -0.39 is 0 Å². The smallest absolute Gasteiger partial charge is 0.313 e. The first-order valence-electron chi connectivity index (χ1n) is 6.77. The lowest BCUT2D eigenvalue weighted by Crippen LogP contribution is -2.08. The minimum absolute atomic E-state index is 0.106. The molecule has 0 radical (unpaired) electrons. The van der Waals surface area contributed by atoms with Gasteiger partial charge in [0.15, 0.2) is 0 Å². The third-order valence-corrected chi connectivity index (χ3v) is 3.63. The molecule has 1 aromatic heterocycles. The predicted molar refractivity (Wildman–Crippen MR) is 75.2 cm³/mol. The molecule has 3 rings (SSSR count). The van der Waals surface area contributed by atoms with Gasteiger partial charge in [0.1, 0.15) is 12.2 Å². The minimum Gasteiger partial charge on any atom is -0.469 e. The molecule has 0 spiro atoms. The highest BCUT2D eigenvalue weighted by molar-refractivity contribution is 5.71. The maximum Gasteiger partial charge on any atom is 0.313 e. The van der Waals surface area contributed by atoms with E-state index in [9.17, 15) is 4.79 Å². The molecular formula is C16H16N2O2. The number of aromatic nitrogens is 2. The van der Waals surface area contributed by atoms with Gasteiger partial charge in [-0.3, -0.25) is 4.79 Å². The predicted octanol–water partition coefficient (Wildman–Crippen LogP) is 2.35. The van der Waals surface area contributed by atoms with Gasteiger partial charge < -0.3 is 4.74 Å². The van der Waals surface area contributed by atoms with Crippen LogP contribution in [0, 0.1) is 0 Å². The molecule has 0 bridgehead atoms. The second kappa shape index (κ2) is 5.41. The van der Waals surface area contributed by atoms with Crippen molar-refractivity contribution in [2.45, 2.75) is 25.7 Å². The largest absolute Gasteiger partial charge is 0.469 e. The van der Waals surface area contributed by atoms with E-state index in [1.165, 1.54) is 31.1 Å². The van der Waals surface area contributed by atoms with Crippen LogP contribution < -0.4 is 0 Å². The Bertz CT molecular complexity index is 653. The van der Waals surface area contributed by atoms with Crippen molar-refractivity contribution in [3.63, 3.8) is 0 Å². The van der Waals surface area contributed by atoms with E-state index in [0.29, 0.717) is 5.82 Å². The number of benzene rings is 1. The molecule has 0 unspecified atom stereocenters. The number of nitrogens with zero attached hydrogens (tertiary/aromatic N) is 2. The average Bonchev–Trinajstić information content (AvgIpc) is 2.94. The van der Waals surface area contributed by atoms with Crippen LogP contribution >= 0.6 is 0 Å². The van der Waals surface area contributed by atoms with Crippen molar-refractivity contribution in [2.24, 2.45) is 0 Å². The summed E-state index contributed by atoms with van der Waals surface area (Å²) in [6.07, 6.45) is 5.34. The standard InChI is InChI=1S/C16H16N2O2/c1-20-16(19)10-15-17-8-7-14(18-15)13-6-5-11-3-2-4-12(11)9-13/h5-9H,2-4,10H2,1H3. The SMILES string of the molecule is COC(=O)Cc1nccc(-c2ccc3c(c2)CCC3)n1. The molecule has 20 heavy (non-hydrogen) atoms. The van der Waals surface area contributed by atoms with Gasteiger partial charge in [-0.25, -0.2) is 9.97 Å². The van der Waals surface area contributed by atoms with Gasteiger partial charge in [-0.05, 0) is 42.5 Å². The molecule has 4 nitrogen and oxygen atoms in total. The van der Waals surface area contributed by atoms with Crippen molar-refractivity contribution < 1.29 is 9.53 Å². The number of carbonyl (C=O) groups excluding carboxylic acids is 1. The van der Waals surface area contributed by atoms with Crippen molar-refractivity contribution in [2.75, 3.05) is 7.11 Å². The second-order valence-electron chi connectivity index (χ2n) is 4.95. The summed E-state index contributed by atoms with van der Waals surface area (Å²) in [7, 11) is 1.37. The quantitative estimate of drug-likeness (QED) is 0.802. The van der Waals surface area contributed by atoms with Crippen molar-refractivity contribution in [1.29, 1.82) is 0 Å². The van der Waals surface area contributed by atoms with E-state index in [2.05, 4.69) is 32.9 Å². The van der Waals surface area contributed by atoms with Crippen LogP contribution in [0.3, 0.4) is 0 Å². The number of ether oxygens (including phenoxy) is 1. The maximum absolute atomic E-state index is 11.3. The zero-order chi connectivity index (χ0) is 13.9. The van der Waals surface area contributed by atoms with Gasteiger partial charge in [0.2, 0.25) is 0 Å². The van der Waals surface area contributed by atoms with Crippen LogP contribution in [0.4, 0.5) is 0 Å². The van der Waals surface area contributed by atoms with E-state index in [0.717, 1.165) is 17.7 Å². The lowest BCUT2D eigenvalue weighted by molar-refractivity contribution is -0.139. The fourth-order valence-corrected chi connectivity index (χ4v) is 2.58. The first-order valence-corrected chi connectivity index (χ1v) is 6.77. The average molecular weight is 268 g/mol. The van der Waals surface area contributed by atoms with Gasteiger partial charge in [-0.2, -0.15) is 0 Å². The first kappa shape index (κ1) is 12.8. The summed E-state index contributed by atoms with van der Waals surface area (Å²) in [5.74, 6) is 0.172. The number of methoxy groups -OCH3 is 1. The summed E-state index contributed by atoms with van der Waals surface area (Å²) < 4.78 is 4.64. The number of rotatable bonds is 3. The first-order chi connectivity index (χ1) is 9.76. The topological polar surface area (TPSA) is 52.1 Å². The zero-order valence-electron chi connectivity index (χ0n) is 11.4. The van der Waals surface area contributed by atoms with E-state index in [4.69, 9.17) is 0 Å². The molecule has 0 atom stereocenters. The minimum atomic E-state index is -0.323. The molecule has 1 aromatic carbocycles. The molecule has 0 amide bonds. The molecule has 1 heterocycles. The fourth-order valence-electron chi connectivity index (χ4n) is 2.58. The van der Waals surface area contributed by atoms with Crippen molar-refractivity contribution in [1.82, 2.24) is 9.97 Å². The Hall–Kier alpha value is -2.23. The van der Waals surface area contributed by atoms with Gasteiger partial charge in [-0.1, -0.05) is 12.1 Å². The second-order valence-corrected chi connectivity index (χ2v) is 4.95. The summed E-state index contributed by atoms with van der Waals surface area (Å²) in [6.45, 7) is 0. The van der Waals surface area contributed by atoms with Crippen LogP contribution in [0.15, 0.2) is 30.5 Å². The molecule has 4 heteroatoms. The van der Waals surface area contributed by atoms with Gasteiger partial charge in [0.05, 0.1) is 12.8 Å². The third kappa shape index (κ3) is 2.54. The highest BCUT2D eigenvalue weighted by atomic mass is 16.5. The molecule has 1 aliphatic rings. The third-order valence-electron chi connectivity index (χ3n) is 3.63. The molecule has 1 aliphatic carbocycles. The van der Waals surface area contributed by atoms with Crippen molar-refractivity contribution in [3.05, 3.63) is 47.4 Å². The Morgan fingerprint density at radius 1 is 1.25 bits per heavy atom. The van der Waals surface area contributed by atoms with Gasteiger partial charge in [0.25, 0.3) is 0 Å². The Kier molecular flexibility index (Phi) is 3.46. The van der Waals surface area contributed by atoms with Crippen LogP contribution in [0.1, 0.15) is 23.4 Å². The lowest BCUT2D eigenvalue weighted by Gasteiger charge is -2.06. The van der Waals surface area contributed by atoms with Crippen LogP contribution in [0.5, 0.6) is 0 Å². The summed E-state index contributed by atoms with van der Waals surface area (Å²) in [6, 6.07) is 8.35. The fraction of sp³-hybridized carbons (Fsp3) is 0.312. The Labute approximate surface area is 117 Å². The molecule has 0 saturated heterocycles. The zero-order valence-corrected chi connectivity index (χ0v) is 11.4. The van der Waals surface area contributed by atoms with Crippen LogP contribution in [0.25, 0.3) is 11.3 Å². The number of esters is 1. The Morgan fingerprint density at radius 2 is 2.10 bits per heavy atom. The van der Waals surface area contributed by atoms with Crippen LogP contribution in [-0.2, 0) is 28.8 Å². The highest BCUT2D eigenvalue weighted by Gasteiger charge is 2.13. The van der Waals surface area contributed by atoms with E-state index in [1.54, 1.807) is 6.20 Å². The Morgan fingerprint density at radius 3 is 2.95 bits per heavy atom. The molecule has 0 fully saturated rings. The normalized spacial score (nSPS) is 13.1. The molecule has 0 saturated carbocycles. The number of hydrogen-bond acceptors (Lipinski definition) is 4. The number of aryl methyl sites for hydroxylation is 2.